The topological polar surface area (TPSA) is 97.2 Å². The van der Waals surface area contributed by atoms with E-state index in [0.29, 0.717) is 18.5 Å². The molecule has 0 bridgehead atoms. The van der Waals surface area contributed by atoms with Crippen molar-refractivity contribution in [1.29, 1.82) is 0 Å². The molecule has 1 aromatic rings. The van der Waals surface area contributed by atoms with Crippen LogP contribution in [0.1, 0.15) is 18.4 Å². The molecule has 0 spiro atoms. The van der Waals surface area contributed by atoms with Crippen LogP contribution in [0.4, 0.5) is 11.5 Å². The largest absolute Gasteiger partial charge is 0.362 e. The summed E-state index contributed by atoms with van der Waals surface area (Å²) >= 11 is 0. The van der Waals surface area contributed by atoms with Gasteiger partial charge in [-0.15, -0.1) is 0 Å². The van der Waals surface area contributed by atoms with Gasteiger partial charge in [-0.25, -0.2) is 4.98 Å². The third-order valence-corrected chi connectivity index (χ3v) is 2.91. The van der Waals surface area contributed by atoms with E-state index in [-0.39, 0.29) is 23.5 Å². The smallest absolute Gasteiger partial charge is 0.314 e. The molecule has 0 saturated carbocycles. The van der Waals surface area contributed by atoms with Crippen molar-refractivity contribution in [2.24, 2.45) is 0 Å². The molecule has 0 radical (unpaired) electrons. The monoisotopic (exact) mass is 250 g/mol. The van der Waals surface area contributed by atoms with Gasteiger partial charge in [-0.05, 0) is 19.4 Å². The highest BCUT2D eigenvalue weighted by Crippen LogP contribution is 2.25. The van der Waals surface area contributed by atoms with Crippen LogP contribution in [0.2, 0.25) is 0 Å². The van der Waals surface area contributed by atoms with Gasteiger partial charge in [0.25, 0.3) is 0 Å². The molecule has 2 heterocycles. The molecule has 1 aliphatic rings. The molecule has 0 aromatic carbocycles. The maximum absolute atomic E-state index is 11.0. The van der Waals surface area contributed by atoms with Crippen LogP contribution in [0.15, 0.2) is 12.3 Å². The predicted molar refractivity (Wildman–Crippen MR) is 65.3 cm³/mol. The second-order valence-electron chi connectivity index (χ2n) is 4.27. The van der Waals surface area contributed by atoms with Gasteiger partial charge in [0.1, 0.15) is 0 Å². The van der Waals surface area contributed by atoms with Gasteiger partial charge in [-0.1, -0.05) is 0 Å². The number of nitrogens with zero attached hydrogens (tertiary/aromatic N) is 2. The van der Waals surface area contributed by atoms with Crippen molar-refractivity contribution in [3.05, 3.63) is 27.9 Å². The summed E-state index contributed by atoms with van der Waals surface area (Å²) < 4.78 is 0. The van der Waals surface area contributed by atoms with Crippen molar-refractivity contribution < 1.29 is 9.72 Å². The number of nitro groups is 1. The molecular formula is C11H14N4O3. The molecule has 96 valence electrons. The number of pyridine rings is 1. The Morgan fingerprint density at radius 2 is 2.44 bits per heavy atom. The van der Waals surface area contributed by atoms with Crippen LogP contribution in [0.3, 0.4) is 0 Å². The molecule has 1 atom stereocenters. The quantitative estimate of drug-likeness (QED) is 0.613. The lowest BCUT2D eigenvalue weighted by molar-refractivity contribution is -0.384. The second kappa shape index (κ2) is 4.99. The summed E-state index contributed by atoms with van der Waals surface area (Å²) in [7, 11) is 0. The first-order valence-corrected chi connectivity index (χ1v) is 5.71. The van der Waals surface area contributed by atoms with Gasteiger partial charge in [0.15, 0.2) is 0 Å². The lowest BCUT2D eigenvalue weighted by Crippen LogP contribution is -2.32. The summed E-state index contributed by atoms with van der Waals surface area (Å²) in [6.07, 6.45) is 2.78. The van der Waals surface area contributed by atoms with Crippen LogP contribution in [0.5, 0.6) is 0 Å². The van der Waals surface area contributed by atoms with Gasteiger partial charge < -0.3 is 10.6 Å². The van der Waals surface area contributed by atoms with Gasteiger partial charge >= 0.3 is 5.69 Å². The average Bonchev–Trinajstić information content (AvgIpc) is 2.72. The van der Waals surface area contributed by atoms with E-state index in [2.05, 4.69) is 15.6 Å². The van der Waals surface area contributed by atoms with Crippen LogP contribution in [-0.4, -0.2) is 28.4 Å². The Morgan fingerprint density at radius 1 is 1.67 bits per heavy atom. The number of aryl methyl sites for hydroxylation is 1. The Labute approximate surface area is 104 Å². The minimum Gasteiger partial charge on any atom is -0.362 e. The van der Waals surface area contributed by atoms with Crippen LogP contribution >= 0.6 is 0 Å². The molecule has 18 heavy (non-hydrogen) atoms. The molecule has 1 unspecified atom stereocenters. The van der Waals surface area contributed by atoms with Crippen molar-refractivity contribution in [3.63, 3.8) is 0 Å². The van der Waals surface area contributed by atoms with Crippen molar-refractivity contribution in [2.45, 2.75) is 25.8 Å². The molecule has 7 nitrogen and oxygen atoms in total. The van der Waals surface area contributed by atoms with E-state index in [1.807, 2.05) is 0 Å². The van der Waals surface area contributed by atoms with E-state index >= 15 is 0 Å². The number of hydrogen-bond donors (Lipinski definition) is 2. The zero-order chi connectivity index (χ0) is 13.1. The highest BCUT2D eigenvalue weighted by molar-refractivity contribution is 5.78. The van der Waals surface area contributed by atoms with Crippen LogP contribution in [0.25, 0.3) is 0 Å². The fraction of sp³-hybridized carbons (Fsp3) is 0.455. The number of carbonyl (C=O) groups excluding carboxylic acids is 1. The zero-order valence-corrected chi connectivity index (χ0v) is 9.97. The summed E-state index contributed by atoms with van der Waals surface area (Å²) in [5, 5.41) is 16.7. The standard InChI is InChI=1S/C11H14N4O3/c1-7-4-5-12-11(10(7)15(17)18)13-6-8-2-3-9(16)14-8/h4-5,8H,2-3,6H2,1H3,(H,12,13)(H,14,16). The summed E-state index contributed by atoms with van der Waals surface area (Å²) in [5.41, 5.74) is 0.551. The number of anilines is 1. The van der Waals surface area contributed by atoms with Gasteiger partial charge in [-0.3, -0.25) is 14.9 Å². The predicted octanol–water partition coefficient (Wildman–Crippen LogP) is 0.989. The summed E-state index contributed by atoms with van der Waals surface area (Å²) in [6.45, 7) is 2.12. The maximum Gasteiger partial charge on any atom is 0.314 e. The van der Waals surface area contributed by atoms with E-state index < -0.39 is 4.92 Å². The molecule has 2 rings (SSSR count). The van der Waals surface area contributed by atoms with Crippen LogP contribution < -0.4 is 10.6 Å². The lowest BCUT2D eigenvalue weighted by Gasteiger charge is -2.12. The van der Waals surface area contributed by atoms with E-state index in [9.17, 15) is 14.9 Å². The molecule has 7 heteroatoms. The fourth-order valence-corrected chi connectivity index (χ4v) is 1.96. The number of aromatic nitrogens is 1. The molecule has 1 aliphatic heterocycles. The van der Waals surface area contributed by atoms with Crippen molar-refractivity contribution in [2.75, 3.05) is 11.9 Å². The molecule has 1 aromatic heterocycles. The van der Waals surface area contributed by atoms with Gasteiger partial charge in [-0.2, -0.15) is 0 Å². The summed E-state index contributed by atoms with van der Waals surface area (Å²) in [4.78, 5) is 25.5. The normalized spacial score (nSPS) is 18.5. The first-order valence-electron chi connectivity index (χ1n) is 5.71. The van der Waals surface area contributed by atoms with Gasteiger partial charge in [0.05, 0.1) is 4.92 Å². The Balaban J connectivity index is 2.07. The Morgan fingerprint density at radius 3 is 3.06 bits per heavy atom. The van der Waals surface area contributed by atoms with Gasteiger partial charge in [0, 0.05) is 30.8 Å². The highest BCUT2D eigenvalue weighted by atomic mass is 16.6. The lowest BCUT2D eigenvalue weighted by atomic mass is 10.2. The first kappa shape index (κ1) is 12.3. The van der Waals surface area contributed by atoms with E-state index in [4.69, 9.17) is 0 Å². The number of rotatable bonds is 4. The van der Waals surface area contributed by atoms with Crippen molar-refractivity contribution in [1.82, 2.24) is 10.3 Å². The molecule has 1 saturated heterocycles. The minimum absolute atomic E-state index is 0.0122. The zero-order valence-electron chi connectivity index (χ0n) is 9.97. The molecule has 2 N–H and O–H groups in total. The van der Waals surface area contributed by atoms with Crippen LogP contribution in [0, 0.1) is 17.0 Å². The Hall–Kier alpha value is -2.18. The third kappa shape index (κ3) is 2.55. The first-order chi connectivity index (χ1) is 8.58. The van der Waals surface area contributed by atoms with E-state index in [1.54, 1.807) is 13.0 Å². The van der Waals surface area contributed by atoms with E-state index in [0.717, 1.165) is 6.42 Å². The fourth-order valence-electron chi connectivity index (χ4n) is 1.96. The number of nitrogens with one attached hydrogen (secondary N) is 2. The highest BCUT2D eigenvalue weighted by Gasteiger charge is 2.23. The second-order valence-corrected chi connectivity index (χ2v) is 4.27. The van der Waals surface area contributed by atoms with Crippen LogP contribution in [-0.2, 0) is 4.79 Å². The number of amides is 1. The Kier molecular flexibility index (Phi) is 3.40. The Bertz CT molecular complexity index is 489. The number of carbonyl (C=O) groups is 1. The molecule has 1 amide bonds. The molecular weight excluding hydrogens is 236 g/mol. The molecule has 0 aliphatic carbocycles. The maximum atomic E-state index is 11.0. The summed E-state index contributed by atoms with van der Waals surface area (Å²) in [5.74, 6) is 0.273. The van der Waals surface area contributed by atoms with Gasteiger partial charge in [0.2, 0.25) is 11.7 Å². The third-order valence-electron chi connectivity index (χ3n) is 2.91. The molecule has 1 fully saturated rings. The minimum atomic E-state index is -0.447. The SMILES string of the molecule is Cc1ccnc(NCC2CCC(=O)N2)c1[N+](=O)[O-]. The van der Waals surface area contributed by atoms with E-state index in [1.165, 1.54) is 6.20 Å². The van der Waals surface area contributed by atoms with Crippen molar-refractivity contribution >= 4 is 17.4 Å². The average molecular weight is 250 g/mol. The number of hydrogen-bond acceptors (Lipinski definition) is 5. The summed E-state index contributed by atoms with van der Waals surface area (Å²) in [6, 6.07) is 1.61. The van der Waals surface area contributed by atoms with Crippen molar-refractivity contribution in [3.8, 4) is 0 Å².